The van der Waals surface area contributed by atoms with E-state index >= 15 is 0 Å². The van der Waals surface area contributed by atoms with Gasteiger partial charge in [-0.05, 0) is 42.8 Å². The summed E-state index contributed by atoms with van der Waals surface area (Å²) in [4.78, 5) is 16.9. The number of hydrogen-bond acceptors (Lipinski definition) is 5. The summed E-state index contributed by atoms with van der Waals surface area (Å²) in [5, 5.41) is 3.06. The van der Waals surface area contributed by atoms with Crippen molar-refractivity contribution < 1.29 is 19.0 Å². The quantitative estimate of drug-likeness (QED) is 0.912. The van der Waals surface area contributed by atoms with Gasteiger partial charge in [-0.15, -0.1) is 0 Å². The molecule has 1 N–H and O–H groups in total. The van der Waals surface area contributed by atoms with E-state index in [1.54, 1.807) is 12.3 Å². The van der Waals surface area contributed by atoms with E-state index in [-0.39, 0.29) is 18.1 Å². The van der Waals surface area contributed by atoms with Crippen molar-refractivity contribution in [3.63, 3.8) is 0 Å². The van der Waals surface area contributed by atoms with Crippen molar-refractivity contribution in [2.24, 2.45) is 0 Å². The van der Waals surface area contributed by atoms with Gasteiger partial charge in [-0.1, -0.05) is 0 Å². The minimum atomic E-state index is -0.206. The summed E-state index contributed by atoms with van der Waals surface area (Å²) in [7, 11) is 0. The number of rotatable bonds is 4. The highest BCUT2D eigenvalue weighted by molar-refractivity contribution is 5.94. The number of carbonyl (C=O) groups is 1. The molecule has 0 unspecified atom stereocenters. The fraction of sp³-hybridized carbons (Fsp3) is 0.400. The average molecular weight is 354 g/mol. The van der Waals surface area contributed by atoms with E-state index < -0.39 is 0 Å². The van der Waals surface area contributed by atoms with E-state index in [9.17, 15) is 4.79 Å². The van der Waals surface area contributed by atoms with Crippen LogP contribution in [0.25, 0.3) is 0 Å². The molecular formula is C20H22N2O4. The summed E-state index contributed by atoms with van der Waals surface area (Å²) in [6.45, 7) is 3.66. The zero-order chi connectivity index (χ0) is 17.9. The first-order valence-corrected chi connectivity index (χ1v) is 8.93. The van der Waals surface area contributed by atoms with Gasteiger partial charge in [-0.3, -0.25) is 9.78 Å². The van der Waals surface area contributed by atoms with Crippen LogP contribution in [0, 0.1) is 6.92 Å². The molecule has 0 spiro atoms. The van der Waals surface area contributed by atoms with E-state index in [2.05, 4.69) is 10.3 Å². The molecule has 1 aromatic heterocycles. The summed E-state index contributed by atoms with van der Waals surface area (Å²) < 4.78 is 17.1. The minimum absolute atomic E-state index is 0.120. The maximum Gasteiger partial charge on any atom is 0.251 e. The second-order valence-corrected chi connectivity index (χ2v) is 6.66. The molecule has 136 valence electrons. The number of amides is 1. The number of aryl methyl sites for hydroxylation is 1. The Morgan fingerprint density at radius 2 is 2.19 bits per heavy atom. The van der Waals surface area contributed by atoms with Crippen molar-refractivity contribution in [1.29, 1.82) is 0 Å². The normalized spacial score (nSPS) is 21.6. The van der Waals surface area contributed by atoms with Gasteiger partial charge in [-0.2, -0.15) is 0 Å². The Labute approximate surface area is 152 Å². The second kappa shape index (κ2) is 7.33. The van der Waals surface area contributed by atoms with Crippen molar-refractivity contribution in [3.8, 4) is 11.5 Å². The van der Waals surface area contributed by atoms with Gasteiger partial charge in [0.1, 0.15) is 17.6 Å². The Morgan fingerprint density at radius 3 is 3.04 bits per heavy atom. The van der Waals surface area contributed by atoms with Gasteiger partial charge >= 0.3 is 0 Å². The molecule has 6 nitrogen and oxygen atoms in total. The molecule has 0 aliphatic carbocycles. The van der Waals surface area contributed by atoms with Gasteiger partial charge in [0.15, 0.2) is 0 Å². The lowest BCUT2D eigenvalue weighted by Crippen LogP contribution is -2.51. The lowest BCUT2D eigenvalue weighted by atomic mass is 10.0. The molecule has 1 amide bonds. The minimum Gasteiger partial charge on any atom is -0.493 e. The average Bonchev–Trinajstić information content (AvgIpc) is 3.13. The van der Waals surface area contributed by atoms with Gasteiger partial charge < -0.3 is 19.5 Å². The summed E-state index contributed by atoms with van der Waals surface area (Å²) in [5.41, 5.74) is 2.65. The van der Waals surface area contributed by atoms with Crippen LogP contribution >= 0.6 is 0 Å². The lowest BCUT2D eigenvalue weighted by molar-refractivity contribution is -0.00301. The summed E-state index contributed by atoms with van der Waals surface area (Å²) in [5.74, 6) is 1.46. The van der Waals surface area contributed by atoms with Crippen LogP contribution in [-0.4, -0.2) is 42.9 Å². The predicted octanol–water partition coefficient (Wildman–Crippen LogP) is 2.29. The number of carbonyl (C=O) groups excluding carboxylic acids is 1. The molecule has 0 radical (unpaired) electrons. The highest BCUT2D eigenvalue weighted by atomic mass is 16.5. The van der Waals surface area contributed by atoms with Crippen molar-refractivity contribution in [1.82, 2.24) is 10.3 Å². The molecule has 1 fully saturated rings. The van der Waals surface area contributed by atoms with Gasteiger partial charge in [0.25, 0.3) is 5.91 Å². The number of fused-ring (bicyclic) bond motifs is 1. The summed E-state index contributed by atoms with van der Waals surface area (Å²) in [6.07, 6.45) is 3.13. The van der Waals surface area contributed by atoms with Gasteiger partial charge in [0.05, 0.1) is 32.1 Å². The number of nitrogens with one attached hydrogen (secondary N) is 1. The Bertz CT molecular complexity index is 791. The van der Waals surface area contributed by atoms with Crippen molar-refractivity contribution in [3.05, 3.63) is 53.3 Å². The van der Waals surface area contributed by atoms with Crippen LogP contribution in [0.1, 0.15) is 28.0 Å². The summed E-state index contributed by atoms with van der Waals surface area (Å²) in [6, 6.07) is 9.17. The lowest BCUT2D eigenvalue weighted by Gasteiger charge is -2.32. The van der Waals surface area contributed by atoms with Crippen LogP contribution in [-0.2, 0) is 11.2 Å². The monoisotopic (exact) mass is 354 g/mol. The standard InChI is InChI=1S/C20H22N2O4/c1-13-2-4-16(11-21-13)26-19-7-8-24-12-17(19)22-20(23)15-3-5-18-14(10-15)6-9-25-18/h2-5,10-11,17,19H,6-9,12H2,1H3,(H,22,23)/t17-,19+/m0/s1. The molecule has 6 heteroatoms. The zero-order valence-corrected chi connectivity index (χ0v) is 14.7. The molecule has 3 heterocycles. The van der Waals surface area contributed by atoms with E-state index in [0.29, 0.717) is 31.1 Å². The molecule has 2 aliphatic heterocycles. The highest BCUT2D eigenvalue weighted by Crippen LogP contribution is 2.26. The van der Waals surface area contributed by atoms with E-state index in [0.717, 1.165) is 29.8 Å². The van der Waals surface area contributed by atoms with Gasteiger partial charge in [0, 0.05) is 24.1 Å². The Balaban J connectivity index is 1.44. The van der Waals surface area contributed by atoms with Crippen LogP contribution < -0.4 is 14.8 Å². The fourth-order valence-electron chi connectivity index (χ4n) is 3.27. The predicted molar refractivity (Wildman–Crippen MR) is 95.7 cm³/mol. The molecule has 0 saturated carbocycles. The number of pyridine rings is 1. The molecule has 26 heavy (non-hydrogen) atoms. The first-order chi connectivity index (χ1) is 12.7. The Kier molecular flexibility index (Phi) is 4.75. The van der Waals surface area contributed by atoms with E-state index in [1.807, 2.05) is 31.2 Å². The first-order valence-electron chi connectivity index (χ1n) is 8.93. The highest BCUT2D eigenvalue weighted by Gasteiger charge is 2.29. The molecule has 0 bridgehead atoms. The van der Waals surface area contributed by atoms with Crippen molar-refractivity contribution >= 4 is 5.91 Å². The molecule has 4 rings (SSSR count). The largest absolute Gasteiger partial charge is 0.493 e. The maximum atomic E-state index is 12.7. The maximum absolute atomic E-state index is 12.7. The third kappa shape index (κ3) is 3.65. The number of aromatic nitrogens is 1. The van der Waals surface area contributed by atoms with Crippen LogP contribution in [0.3, 0.4) is 0 Å². The van der Waals surface area contributed by atoms with Crippen LogP contribution in [0.5, 0.6) is 11.5 Å². The van der Waals surface area contributed by atoms with E-state index in [1.165, 1.54) is 0 Å². The smallest absolute Gasteiger partial charge is 0.251 e. The Hall–Kier alpha value is -2.60. The molecule has 2 atom stereocenters. The molecule has 2 aliphatic rings. The number of hydrogen-bond donors (Lipinski definition) is 1. The van der Waals surface area contributed by atoms with Crippen LogP contribution in [0.15, 0.2) is 36.5 Å². The zero-order valence-electron chi connectivity index (χ0n) is 14.7. The van der Waals surface area contributed by atoms with Gasteiger partial charge in [-0.25, -0.2) is 0 Å². The third-order valence-corrected chi connectivity index (χ3v) is 4.73. The molecule has 1 saturated heterocycles. The SMILES string of the molecule is Cc1ccc(O[C@@H]2CCOC[C@@H]2NC(=O)c2ccc3c(c2)CCO3)cn1. The molecule has 1 aromatic carbocycles. The van der Waals surface area contributed by atoms with E-state index in [4.69, 9.17) is 14.2 Å². The van der Waals surface area contributed by atoms with Crippen molar-refractivity contribution in [2.75, 3.05) is 19.8 Å². The fourth-order valence-corrected chi connectivity index (χ4v) is 3.27. The number of benzene rings is 1. The number of ether oxygens (including phenoxy) is 3. The summed E-state index contributed by atoms with van der Waals surface area (Å²) >= 11 is 0. The number of nitrogens with zero attached hydrogens (tertiary/aromatic N) is 1. The van der Waals surface area contributed by atoms with Crippen molar-refractivity contribution in [2.45, 2.75) is 31.9 Å². The second-order valence-electron chi connectivity index (χ2n) is 6.66. The topological polar surface area (TPSA) is 69.7 Å². The van der Waals surface area contributed by atoms with Gasteiger partial charge in [0.2, 0.25) is 0 Å². The third-order valence-electron chi connectivity index (χ3n) is 4.73. The molecular weight excluding hydrogens is 332 g/mol. The first kappa shape index (κ1) is 16.8. The Morgan fingerprint density at radius 1 is 1.27 bits per heavy atom. The van der Waals surface area contributed by atoms with Crippen LogP contribution in [0.4, 0.5) is 0 Å². The molecule has 2 aromatic rings. The van der Waals surface area contributed by atoms with Crippen LogP contribution in [0.2, 0.25) is 0 Å².